The van der Waals surface area contributed by atoms with Crippen LogP contribution < -0.4 is 9.64 Å². The molecule has 2 aromatic carbocycles. The van der Waals surface area contributed by atoms with Crippen LogP contribution in [0.3, 0.4) is 0 Å². The molecule has 3 rings (SSSR count). The van der Waals surface area contributed by atoms with E-state index in [1.165, 1.54) is 15.7 Å². The van der Waals surface area contributed by atoms with E-state index >= 15 is 0 Å². The van der Waals surface area contributed by atoms with Crippen molar-refractivity contribution < 1.29 is 4.74 Å². The predicted molar refractivity (Wildman–Crippen MR) is 99.5 cm³/mol. The van der Waals surface area contributed by atoms with Crippen LogP contribution in [0.15, 0.2) is 53.0 Å². The highest BCUT2D eigenvalue weighted by atomic mass is 79.9. The molecule has 0 bridgehead atoms. The van der Waals surface area contributed by atoms with Crippen molar-refractivity contribution in [3.8, 4) is 5.75 Å². The molecule has 2 aromatic rings. The molecule has 0 aliphatic carbocycles. The number of rotatable bonds is 5. The molecule has 0 aromatic heterocycles. The lowest BCUT2D eigenvalue weighted by atomic mass is 10.1. The van der Waals surface area contributed by atoms with E-state index in [1.807, 2.05) is 12.1 Å². The normalized spacial score (nSPS) is 15.7. The van der Waals surface area contributed by atoms with E-state index in [-0.39, 0.29) is 0 Å². The number of halogens is 1. The first-order chi connectivity index (χ1) is 11.3. The van der Waals surface area contributed by atoms with E-state index in [9.17, 15) is 0 Å². The fourth-order valence-corrected chi connectivity index (χ4v) is 3.57. The Kier molecular flexibility index (Phi) is 5.57. The molecule has 23 heavy (non-hydrogen) atoms. The Hall–Kier alpha value is -1.52. The van der Waals surface area contributed by atoms with Gasteiger partial charge in [0.05, 0.1) is 12.8 Å². The van der Waals surface area contributed by atoms with Gasteiger partial charge < -0.3 is 9.64 Å². The van der Waals surface area contributed by atoms with Crippen LogP contribution in [0.2, 0.25) is 0 Å². The number of hydrogen-bond acceptors (Lipinski definition) is 3. The van der Waals surface area contributed by atoms with E-state index in [4.69, 9.17) is 4.74 Å². The zero-order chi connectivity index (χ0) is 16.1. The number of methoxy groups -OCH3 is 1. The summed E-state index contributed by atoms with van der Waals surface area (Å²) in [6.45, 7) is 5.42. The van der Waals surface area contributed by atoms with Crippen molar-refractivity contribution in [1.82, 2.24) is 4.90 Å². The molecule has 1 heterocycles. The predicted octanol–water partition coefficient (Wildman–Crippen LogP) is 3.82. The summed E-state index contributed by atoms with van der Waals surface area (Å²) in [5, 5.41) is 0. The van der Waals surface area contributed by atoms with Crippen molar-refractivity contribution in [1.29, 1.82) is 0 Å². The minimum absolute atomic E-state index is 0.967. The first kappa shape index (κ1) is 16.3. The third kappa shape index (κ3) is 4.06. The van der Waals surface area contributed by atoms with Gasteiger partial charge in [0.1, 0.15) is 5.75 Å². The number of benzene rings is 2. The zero-order valence-corrected chi connectivity index (χ0v) is 15.1. The molecule has 0 spiro atoms. The van der Waals surface area contributed by atoms with Gasteiger partial charge in [0.2, 0.25) is 0 Å². The summed E-state index contributed by atoms with van der Waals surface area (Å²) in [6, 6.07) is 16.8. The van der Waals surface area contributed by atoms with Crippen molar-refractivity contribution in [2.75, 3.05) is 44.7 Å². The molecule has 0 saturated carbocycles. The maximum absolute atomic E-state index is 5.48. The van der Waals surface area contributed by atoms with Gasteiger partial charge in [0.15, 0.2) is 0 Å². The van der Waals surface area contributed by atoms with E-state index in [0.717, 1.165) is 44.9 Å². The van der Waals surface area contributed by atoms with E-state index in [2.05, 4.69) is 62.1 Å². The van der Waals surface area contributed by atoms with E-state index in [0.29, 0.717) is 0 Å². The number of hydrogen-bond donors (Lipinski definition) is 0. The molecule has 1 fully saturated rings. The van der Waals surface area contributed by atoms with Crippen molar-refractivity contribution >= 4 is 21.6 Å². The van der Waals surface area contributed by atoms with Gasteiger partial charge in [-0.25, -0.2) is 0 Å². The maximum Gasteiger partial charge on any atom is 0.142 e. The van der Waals surface area contributed by atoms with Crippen LogP contribution in [0, 0.1) is 0 Å². The Balaban J connectivity index is 1.53. The van der Waals surface area contributed by atoms with Gasteiger partial charge in [-0.05, 0) is 30.2 Å². The second kappa shape index (κ2) is 7.84. The fraction of sp³-hybridized carbons (Fsp3) is 0.368. The third-order valence-electron chi connectivity index (χ3n) is 4.45. The lowest BCUT2D eigenvalue weighted by Gasteiger charge is -2.36. The van der Waals surface area contributed by atoms with E-state index < -0.39 is 0 Å². The first-order valence-electron chi connectivity index (χ1n) is 8.11. The highest BCUT2D eigenvalue weighted by Gasteiger charge is 2.19. The van der Waals surface area contributed by atoms with Crippen LogP contribution in [0.5, 0.6) is 5.75 Å². The molecular weight excluding hydrogens is 352 g/mol. The summed E-state index contributed by atoms with van der Waals surface area (Å²) in [5.41, 5.74) is 2.60. The van der Waals surface area contributed by atoms with Crippen molar-refractivity contribution in [3.63, 3.8) is 0 Å². The fourth-order valence-electron chi connectivity index (χ4n) is 3.08. The number of piperazine rings is 1. The zero-order valence-electron chi connectivity index (χ0n) is 13.5. The number of nitrogens with zero attached hydrogens (tertiary/aromatic N) is 2. The van der Waals surface area contributed by atoms with Gasteiger partial charge in [-0.15, -0.1) is 0 Å². The van der Waals surface area contributed by atoms with Gasteiger partial charge in [0, 0.05) is 37.2 Å². The lowest BCUT2D eigenvalue weighted by molar-refractivity contribution is 0.260. The average Bonchev–Trinajstić information content (AvgIpc) is 2.61. The SMILES string of the molecule is COc1ccccc1N1CCN(CCc2ccccc2Br)CC1. The summed E-state index contributed by atoms with van der Waals surface area (Å²) in [6.07, 6.45) is 1.09. The molecule has 0 radical (unpaired) electrons. The smallest absolute Gasteiger partial charge is 0.142 e. The van der Waals surface area contributed by atoms with Crippen molar-refractivity contribution in [2.24, 2.45) is 0 Å². The van der Waals surface area contributed by atoms with Gasteiger partial charge in [0.25, 0.3) is 0 Å². The number of para-hydroxylation sites is 2. The second-order valence-corrected chi connectivity index (χ2v) is 6.70. The first-order valence-corrected chi connectivity index (χ1v) is 8.91. The minimum atomic E-state index is 0.967. The molecule has 1 saturated heterocycles. The second-order valence-electron chi connectivity index (χ2n) is 5.84. The van der Waals surface area contributed by atoms with Crippen LogP contribution in [0.1, 0.15) is 5.56 Å². The Labute approximate surface area is 147 Å². The molecule has 1 aliphatic heterocycles. The summed E-state index contributed by atoms with van der Waals surface area (Å²) >= 11 is 3.64. The third-order valence-corrected chi connectivity index (χ3v) is 5.23. The maximum atomic E-state index is 5.48. The van der Waals surface area contributed by atoms with Crippen molar-refractivity contribution in [2.45, 2.75) is 6.42 Å². The molecule has 3 nitrogen and oxygen atoms in total. The highest BCUT2D eigenvalue weighted by Crippen LogP contribution is 2.28. The van der Waals surface area contributed by atoms with Gasteiger partial charge in [-0.3, -0.25) is 4.90 Å². The molecule has 0 amide bonds. The van der Waals surface area contributed by atoms with Crippen LogP contribution in [-0.2, 0) is 6.42 Å². The standard InChI is InChI=1S/C19H23BrN2O/c1-23-19-9-5-4-8-18(19)22-14-12-21(13-15-22)11-10-16-6-2-3-7-17(16)20/h2-9H,10-15H2,1H3. The molecule has 0 N–H and O–H groups in total. The topological polar surface area (TPSA) is 15.7 Å². The van der Waals surface area contributed by atoms with Crippen molar-refractivity contribution in [3.05, 3.63) is 58.6 Å². The molecule has 0 unspecified atom stereocenters. The van der Waals surface area contributed by atoms with Crippen LogP contribution in [0.25, 0.3) is 0 Å². The Morgan fingerprint density at radius 3 is 2.39 bits per heavy atom. The summed E-state index contributed by atoms with van der Waals surface area (Å²) in [7, 11) is 1.74. The molecular formula is C19H23BrN2O. The molecule has 4 heteroatoms. The quantitative estimate of drug-likeness (QED) is 0.790. The monoisotopic (exact) mass is 374 g/mol. The Morgan fingerprint density at radius 2 is 1.65 bits per heavy atom. The molecule has 0 atom stereocenters. The number of anilines is 1. The van der Waals surface area contributed by atoms with Gasteiger partial charge in [-0.2, -0.15) is 0 Å². The molecule has 122 valence electrons. The highest BCUT2D eigenvalue weighted by molar-refractivity contribution is 9.10. The Morgan fingerprint density at radius 1 is 0.957 bits per heavy atom. The summed E-state index contributed by atoms with van der Waals surface area (Å²) in [5.74, 6) is 0.967. The lowest BCUT2D eigenvalue weighted by Crippen LogP contribution is -2.47. The van der Waals surface area contributed by atoms with Crippen LogP contribution >= 0.6 is 15.9 Å². The van der Waals surface area contributed by atoms with E-state index in [1.54, 1.807) is 7.11 Å². The van der Waals surface area contributed by atoms with Crippen LogP contribution in [-0.4, -0.2) is 44.7 Å². The Bertz CT molecular complexity index is 639. The summed E-state index contributed by atoms with van der Waals surface area (Å²) < 4.78 is 6.70. The average molecular weight is 375 g/mol. The van der Waals surface area contributed by atoms with Gasteiger partial charge in [-0.1, -0.05) is 46.3 Å². The molecule has 1 aliphatic rings. The largest absolute Gasteiger partial charge is 0.495 e. The van der Waals surface area contributed by atoms with Gasteiger partial charge >= 0.3 is 0 Å². The number of ether oxygens (including phenoxy) is 1. The van der Waals surface area contributed by atoms with Crippen LogP contribution in [0.4, 0.5) is 5.69 Å². The minimum Gasteiger partial charge on any atom is -0.495 e. The summed E-state index contributed by atoms with van der Waals surface area (Å²) in [4.78, 5) is 4.97.